The summed E-state index contributed by atoms with van der Waals surface area (Å²) < 4.78 is 25.2. The normalized spacial score (nSPS) is 22.7. The number of rotatable bonds is 9. The lowest BCUT2D eigenvalue weighted by molar-refractivity contribution is -0.127. The van der Waals surface area contributed by atoms with E-state index in [9.17, 15) is 9.59 Å². The zero-order valence-corrected chi connectivity index (χ0v) is 23.3. The fourth-order valence-electron chi connectivity index (χ4n) is 2.73. The van der Waals surface area contributed by atoms with Gasteiger partial charge in [-0.3, -0.25) is 9.36 Å². The highest BCUT2D eigenvalue weighted by molar-refractivity contribution is 9.09. The van der Waals surface area contributed by atoms with E-state index in [1.165, 1.54) is 4.57 Å². The Bertz CT molecular complexity index is 840. The van der Waals surface area contributed by atoms with Crippen LogP contribution in [-0.2, 0) is 18.4 Å². The van der Waals surface area contributed by atoms with Crippen molar-refractivity contribution in [2.75, 3.05) is 18.2 Å². The second-order valence-corrected chi connectivity index (χ2v) is 20.3. The number of hydrogen-bond acceptors (Lipinski definition) is 7. The molecule has 0 aliphatic carbocycles. The second kappa shape index (κ2) is 9.96. The van der Waals surface area contributed by atoms with E-state index in [2.05, 4.69) is 67.9 Å². The molecule has 1 aromatic heterocycles. The summed E-state index contributed by atoms with van der Waals surface area (Å²) in [6.45, 7) is 16.9. The van der Waals surface area contributed by atoms with Crippen molar-refractivity contribution >= 4 is 38.3 Å². The number of ether oxygens (including phenoxy) is 2. The van der Waals surface area contributed by atoms with Crippen LogP contribution in [-0.4, -0.2) is 62.3 Å². The molecule has 0 saturated carbocycles. The molecule has 11 heteroatoms. The summed E-state index contributed by atoms with van der Waals surface area (Å²) >= 11 is 3.47. The topological polar surface area (TPSA) is 88.9 Å². The Labute approximate surface area is 195 Å². The molecule has 2 rings (SSSR count). The average Bonchev–Trinajstić information content (AvgIpc) is 2.95. The van der Waals surface area contributed by atoms with Crippen LogP contribution in [0.25, 0.3) is 0 Å². The zero-order valence-electron chi connectivity index (χ0n) is 19.7. The van der Waals surface area contributed by atoms with Gasteiger partial charge in [-0.05, 0) is 38.2 Å². The summed E-state index contributed by atoms with van der Waals surface area (Å²) in [5.41, 5.74) is -0.552. The van der Waals surface area contributed by atoms with Gasteiger partial charge in [0, 0.05) is 17.2 Å². The number of carbonyl (C=O) groups excluding carboxylic acids is 1. The predicted octanol–water partition coefficient (Wildman–Crippen LogP) is 3.65. The van der Waals surface area contributed by atoms with Crippen LogP contribution < -0.4 is 10.4 Å². The van der Waals surface area contributed by atoms with Crippen molar-refractivity contribution in [1.29, 1.82) is 0 Å². The molecular formula is C20H35BrN2O6Si2. The summed E-state index contributed by atoms with van der Waals surface area (Å²) in [4.78, 5) is 30.7. The van der Waals surface area contributed by atoms with Gasteiger partial charge in [0.15, 0.2) is 34.7 Å². The van der Waals surface area contributed by atoms with E-state index in [-0.39, 0.29) is 23.3 Å². The van der Waals surface area contributed by atoms with Gasteiger partial charge in [-0.1, -0.05) is 36.7 Å². The highest BCUT2D eigenvalue weighted by atomic mass is 79.9. The van der Waals surface area contributed by atoms with Crippen LogP contribution in [0.3, 0.4) is 0 Å². The predicted molar refractivity (Wildman–Crippen MR) is 128 cm³/mol. The van der Waals surface area contributed by atoms with Crippen molar-refractivity contribution in [2.45, 2.75) is 77.4 Å². The van der Waals surface area contributed by atoms with Crippen LogP contribution in [0.1, 0.15) is 33.9 Å². The molecule has 1 saturated heterocycles. The fourth-order valence-corrected chi connectivity index (χ4v) is 5.12. The van der Waals surface area contributed by atoms with Crippen molar-refractivity contribution in [1.82, 2.24) is 9.55 Å². The van der Waals surface area contributed by atoms with Gasteiger partial charge in [-0.2, -0.15) is 4.98 Å². The van der Waals surface area contributed by atoms with Gasteiger partial charge in [0.05, 0.1) is 13.2 Å². The van der Waals surface area contributed by atoms with Gasteiger partial charge in [0.2, 0.25) is 5.88 Å². The number of hydrogen-bond donors (Lipinski definition) is 0. The van der Waals surface area contributed by atoms with Gasteiger partial charge >= 0.3 is 5.69 Å². The minimum Gasteiger partial charge on any atom is -0.478 e. The number of Topliss-reactive ketones (excluding diaryl/α,β-unsaturated/α-hetero) is 1. The Hall–Kier alpha value is -0.856. The molecule has 0 amide bonds. The van der Waals surface area contributed by atoms with E-state index in [1.807, 2.05) is 6.92 Å². The molecule has 1 aliphatic heterocycles. The van der Waals surface area contributed by atoms with Crippen molar-refractivity contribution in [3.05, 3.63) is 22.7 Å². The number of nitrogens with zero attached hydrogens (tertiary/aromatic N) is 2. The smallest absolute Gasteiger partial charge is 0.353 e. The third kappa shape index (κ3) is 6.35. The molecule has 0 bridgehead atoms. The van der Waals surface area contributed by atoms with E-state index < -0.39 is 40.8 Å². The maximum absolute atomic E-state index is 13.3. The maximum Gasteiger partial charge on any atom is 0.353 e. The molecule has 0 aromatic carbocycles. The third-order valence-corrected chi connectivity index (χ3v) is 15.8. The van der Waals surface area contributed by atoms with Crippen molar-refractivity contribution in [2.24, 2.45) is 0 Å². The highest BCUT2D eigenvalue weighted by Crippen LogP contribution is 2.40. The van der Waals surface area contributed by atoms with E-state index in [1.54, 1.807) is 12.3 Å². The molecule has 0 radical (unpaired) electrons. The summed E-state index contributed by atoms with van der Waals surface area (Å²) in [6, 6.07) is 1.59. The molecule has 176 valence electrons. The van der Waals surface area contributed by atoms with Gasteiger partial charge in [0.1, 0.15) is 6.10 Å². The first kappa shape index (κ1) is 26.4. The lowest BCUT2D eigenvalue weighted by Gasteiger charge is -2.38. The van der Waals surface area contributed by atoms with Crippen LogP contribution in [0.5, 0.6) is 5.88 Å². The molecular weight excluding hydrogens is 500 g/mol. The van der Waals surface area contributed by atoms with E-state index in [0.29, 0.717) is 6.61 Å². The van der Waals surface area contributed by atoms with Gasteiger partial charge in [-0.15, -0.1) is 0 Å². The van der Waals surface area contributed by atoms with Gasteiger partial charge in [0.25, 0.3) is 0 Å². The second-order valence-electron chi connectivity index (χ2n) is 9.81. The molecule has 0 spiro atoms. The molecule has 2 heterocycles. The van der Waals surface area contributed by atoms with E-state index >= 15 is 0 Å². The van der Waals surface area contributed by atoms with E-state index in [4.69, 9.17) is 18.3 Å². The van der Waals surface area contributed by atoms with Crippen molar-refractivity contribution in [3.8, 4) is 5.88 Å². The van der Waals surface area contributed by atoms with Crippen LogP contribution in [0.15, 0.2) is 17.1 Å². The molecule has 8 nitrogen and oxygen atoms in total. The molecule has 1 aliphatic rings. The quantitative estimate of drug-likeness (QED) is 0.352. The number of alkyl halides is 1. The molecule has 0 N–H and O–H groups in total. The molecule has 1 fully saturated rings. The molecule has 0 unspecified atom stereocenters. The van der Waals surface area contributed by atoms with Crippen molar-refractivity contribution < 1.29 is 23.1 Å². The Kier molecular flexibility index (Phi) is 8.48. The first-order chi connectivity index (χ1) is 14.2. The monoisotopic (exact) mass is 534 g/mol. The molecule has 3 atom stereocenters. The lowest BCUT2D eigenvalue weighted by Crippen LogP contribution is -2.48. The Morgan fingerprint density at radius 1 is 1.23 bits per heavy atom. The highest BCUT2D eigenvalue weighted by Gasteiger charge is 2.51. The van der Waals surface area contributed by atoms with Crippen LogP contribution in [0.2, 0.25) is 31.2 Å². The summed E-state index contributed by atoms with van der Waals surface area (Å²) in [6.07, 6.45) is -1.06. The van der Waals surface area contributed by atoms with Crippen LogP contribution >= 0.6 is 15.9 Å². The summed E-state index contributed by atoms with van der Waals surface area (Å²) in [5.74, 6) is 0.0369. The SMILES string of the molecule is CCOc1ccn([C@@H]2O[C@H](CO[Si](C)(C)CBr)C(=O)[C@H]2O[Si](C)(C)C(C)(C)C)c(=O)n1. The Balaban J connectivity index is 2.37. The minimum absolute atomic E-state index is 0.112. The average molecular weight is 536 g/mol. The maximum atomic E-state index is 13.3. The first-order valence-electron chi connectivity index (χ1n) is 10.5. The fraction of sp³-hybridized carbons (Fsp3) is 0.750. The van der Waals surface area contributed by atoms with E-state index in [0.717, 1.165) is 4.95 Å². The number of halogens is 1. The number of aromatic nitrogens is 2. The van der Waals surface area contributed by atoms with Crippen LogP contribution in [0, 0.1) is 0 Å². The van der Waals surface area contributed by atoms with Gasteiger partial charge < -0.3 is 18.3 Å². The number of carbonyl (C=O) groups is 1. The number of ketones is 1. The van der Waals surface area contributed by atoms with Crippen molar-refractivity contribution in [3.63, 3.8) is 0 Å². The standard InChI is InChI=1S/C20H35BrN2O6Si2/c1-9-26-15-10-11-23(19(25)22-15)18-17(29-31(7,8)20(2,3)4)16(24)14(28-18)12-27-30(5,6)13-21/h10-11,14,17-18H,9,12-13H2,1-8H3/t14-,17-,18-/m1/s1. The Morgan fingerprint density at radius 3 is 2.39 bits per heavy atom. The zero-order chi connectivity index (χ0) is 23.6. The lowest BCUT2D eigenvalue weighted by atomic mass is 10.2. The third-order valence-electron chi connectivity index (χ3n) is 5.71. The van der Waals surface area contributed by atoms with Crippen LogP contribution in [0.4, 0.5) is 0 Å². The molecule has 31 heavy (non-hydrogen) atoms. The molecule has 1 aromatic rings. The minimum atomic E-state index is -2.32. The largest absolute Gasteiger partial charge is 0.478 e. The van der Waals surface area contributed by atoms with Gasteiger partial charge in [-0.25, -0.2) is 4.79 Å². The summed E-state index contributed by atoms with van der Waals surface area (Å²) in [5, 5.41) is -0.112. The first-order valence-corrected chi connectivity index (χ1v) is 17.7. The summed E-state index contributed by atoms with van der Waals surface area (Å²) in [7, 11) is -4.27. The Morgan fingerprint density at radius 2 is 1.87 bits per heavy atom.